The molecular weight excluding hydrogens is 244 g/mol. The first-order chi connectivity index (χ1) is 8.97. The number of aliphatic hydroxyl groups excluding tert-OH is 1. The third-order valence-corrected chi connectivity index (χ3v) is 3.78. The van der Waals surface area contributed by atoms with Crippen LogP contribution in [0.2, 0.25) is 0 Å². The number of rotatable bonds is 7. The van der Waals surface area contributed by atoms with Crippen molar-refractivity contribution in [3.63, 3.8) is 0 Å². The second-order valence-corrected chi connectivity index (χ2v) is 6.09. The minimum absolute atomic E-state index is 0.0398. The summed E-state index contributed by atoms with van der Waals surface area (Å²) in [6.45, 7) is 3.50. The second-order valence-electron chi connectivity index (χ2n) is 6.09. The molecule has 2 rings (SSSR count). The van der Waals surface area contributed by atoms with Gasteiger partial charge in [0, 0.05) is 12.0 Å². The van der Waals surface area contributed by atoms with Crippen LogP contribution in [0.15, 0.2) is 0 Å². The van der Waals surface area contributed by atoms with Crippen molar-refractivity contribution in [1.82, 2.24) is 10.6 Å². The summed E-state index contributed by atoms with van der Waals surface area (Å²) in [6.07, 6.45) is 4.37. The summed E-state index contributed by atoms with van der Waals surface area (Å²) in [5.41, 5.74) is 0. The van der Waals surface area contributed by atoms with Gasteiger partial charge >= 0.3 is 0 Å². The van der Waals surface area contributed by atoms with Crippen molar-refractivity contribution < 1.29 is 14.7 Å². The van der Waals surface area contributed by atoms with Crippen molar-refractivity contribution in [2.45, 2.75) is 64.1 Å². The van der Waals surface area contributed by atoms with Crippen molar-refractivity contribution in [3.8, 4) is 0 Å². The van der Waals surface area contributed by atoms with E-state index in [1.54, 1.807) is 0 Å². The Bertz CT molecular complexity index is 349. The molecule has 2 fully saturated rings. The fraction of sp³-hybridized carbons (Fsp3) is 0.857. The molecular formula is C14H24N2O3. The van der Waals surface area contributed by atoms with Gasteiger partial charge in [0.1, 0.15) is 6.04 Å². The first-order valence-corrected chi connectivity index (χ1v) is 7.26. The zero-order chi connectivity index (χ0) is 14.0. The Labute approximate surface area is 114 Å². The Morgan fingerprint density at radius 1 is 1.16 bits per heavy atom. The zero-order valence-corrected chi connectivity index (χ0v) is 11.7. The second kappa shape index (κ2) is 5.90. The van der Waals surface area contributed by atoms with Gasteiger partial charge in [-0.15, -0.1) is 0 Å². The Morgan fingerprint density at radius 2 is 1.79 bits per heavy atom. The summed E-state index contributed by atoms with van der Waals surface area (Å²) in [4.78, 5) is 23.8. The van der Waals surface area contributed by atoms with Crippen LogP contribution in [-0.4, -0.2) is 35.1 Å². The fourth-order valence-electron chi connectivity index (χ4n) is 2.27. The molecule has 0 saturated heterocycles. The standard InChI is InChI=1S/C14H24N2O3/c1-8(7-10-3-4-10)15-14(19)12(9(2)17)16-13(18)11-5-6-11/h8-12,17H,3-7H2,1-2H3,(H,15,19)(H,16,18). The zero-order valence-electron chi connectivity index (χ0n) is 11.7. The van der Waals surface area contributed by atoms with Crippen LogP contribution in [0.1, 0.15) is 46.0 Å². The lowest BCUT2D eigenvalue weighted by molar-refractivity contribution is -0.132. The smallest absolute Gasteiger partial charge is 0.245 e. The highest BCUT2D eigenvalue weighted by Gasteiger charge is 2.34. The van der Waals surface area contributed by atoms with E-state index in [1.807, 2.05) is 6.92 Å². The minimum Gasteiger partial charge on any atom is -0.391 e. The molecule has 3 atom stereocenters. The van der Waals surface area contributed by atoms with E-state index in [2.05, 4.69) is 10.6 Å². The van der Waals surface area contributed by atoms with Gasteiger partial charge in [0.2, 0.25) is 11.8 Å². The fourth-order valence-corrected chi connectivity index (χ4v) is 2.27. The van der Waals surface area contributed by atoms with Gasteiger partial charge in [-0.1, -0.05) is 12.8 Å². The molecule has 0 aliphatic heterocycles. The van der Waals surface area contributed by atoms with E-state index >= 15 is 0 Å². The van der Waals surface area contributed by atoms with Crippen LogP contribution in [0, 0.1) is 11.8 Å². The van der Waals surface area contributed by atoms with Gasteiger partial charge in [-0.2, -0.15) is 0 Å². The quantitative estimate of drug-likeness (QED) is 0.631. The third-order valence-electron chi connectivity index (χ3n) is 3.78. The maximum Gasteiger partial charge on any atom is 0.245 e. The molecule has 5 nitrogen and oxygen atoms in total. The maximum atomic E-state index is 12.1. The number of hydrogen-bond donors (Lipinski definition) is 3. The number of hydrogen-bond acceptors (Lipinski definition) is 3. The van der Waals surface area contributed by atoms with E-state index in [4.69, 9.17) is 0 Å². The SMILES string of the molecule is CC(CC1CC1)NC(=O)C(NC(=O)C1CC1)C(C)O. The van der Waals surface area contributed by atoms with Gasteiger partial charge in [0.05, 0.1) is 6.10 Å². The molecule has 0 aromatic carbocycles. The van der Waals surface area contributed by atoms with Crippen LogP contribution >= 0.6 is 0 Å². The van der Waals surface area contributed by atoms with E-state index in [0.717, 1.165) is 25.2 Å². The normalized spacial score (nSPS) is 23.3. The van der Waals surface area contributed by atoms with Crippen molar-refractivity contribution >= 4 is 11.8 Å². The summed E-state index contributed by atoms with van der Waals surface area (Å²) >= 11 is 0. The number of aliphatic hydroxyl groups is 1. The van der Waals surface area contributed by atoms with Crippen LogP contribution in [0.3, 0.4) is 0 Å². The minimum atomic E-state index is -0.879. The van der Waals surface area contributed by atoms with Gasteiger partial charge < -0.3 is 15.7 Å². The molecule has 3 N–H and O–H groups in total. The van der Waals surface area contributed by atoms with E-state index in [0.29, 0.717) is 0 Å². The number of carbonyl (C=O) groups is 2. The van der Waals surface area contributed by atoms with Gasteiger partial charge in [-0.3, -0.25) is 9.59 Å². The number of amides is 2. The predicted molar refractivity (Wildman–Crippen MR) is 71.3 cm³/mol. The largest absolute Gasteiger partial charge is 0.391 e. The first kappa shape index (κ1) is 14.3. The highest BCUT2D eigenvalue weighted by atomic mass is 16.3. The lowest BCUT2D eigenvalue weighted by atomic mass is 10.1. The Morgan fingerprint density at radius 3 is 2.26 bits per heavy atom. The monoisotopic (exact) mass is 268 g/mol. The van der Waals surface area contributed by atoms with E-state index < -0.39 is 12.1 Å². The molecule has 0 aromatic rings. The molecule has 0 bridgehead atoms. The molecule has 108 valence electrons. The summed E-state index contributed by atoms with van der Waals surface area (Å²) in [5, 5.41) is 15.2. The average Bonchev–Trinajstić information content (AvgIpc) is 3.15. The van der Waals surface area contributed by atoms with Gasteiger partial charge in [0.25, 0.3) is 0 Å². The van der Waals surface area contributed by atoms with Crippen LogP contribution in [0.5, 0.6) is 0 Å². The summed E-state index contributed by atoms with van der Waals surface area (Å²) in [5.74, 6) is 0.382. The number of carbonyl (C=O) groups excluding carboxylic acids is 2. The molecule has 0 radical (unpaired) electrons. The Balaban J connectivity index is 1.81. The third kappa shape index (κ3) is 4.49. The predicted octanol–water partition coefficient (Wildman–Crippen LogP) is 0.567. The first-order valence-electron chi connectivity index (χ1n) is 7.26. The maximum absolute atomic E-state index is 12.1. The topological polar surface area (TPSA) is 78.4 Å². The highest BCUT2D eigenvalue weighted by Crippen LogP contribution is 2.33. The highest BCUT2D eigenvalue weighted by molar-refractivity contribution is 5.89. The van der Waals surface area contributed by atoms with Gasteiger partial charge in [-0.05, 0) is 39.0 Å². The molecule has 0 spiro atoms. The van der Waals surface area contributed by atoms with Gasteiger partial charge in [0.15, 0.2) is 0 Å². The van der Waals surface area contributed by atoms with Crippen molar-refractivity contribution in [3.05, 3.63) is 0 Å². The molecule has 0 heterocycles. The van der Waals surface area contributed by atoms with Crippen molar-refractivity contribution in [2.75, 3.05) is 0 Å². The summed E-state index contributed by atoms with van der Waals surface area (Å²) in [6, 6.07) is -0.742. The van der Waals surface area contributed by atoms with Crippen LogP contribution < -0.4 is 10.6 Å². The molecule has 2 amide bonds. The lowest BCUT2D eigenvalue weighted by Gasteiger charge is -2.23. The van der Waals surface area contributed by atoms with Crippen molar-refractivity contribution in [1.29, 1.82) is 0 Å². The molecule has 3 unspecified atom stereocenters. The average molecular weight is 268 g/mol. The molecule has 5 heteroatoms. The Hall–Kier alpha value is -1.10. The van der Waals surface area contributed by atoms with Crippen LogP contribution in [-0.2, 0) is 9.59 Å². The molecule has 2 aliphatic carbocycles. The molecule has 2 saturated carbocycles. The lowest BCUT2D eigenvalue weighted by Crippen LogP contribution is -2.54. The summed E-state index contributed by atoms with van der Waals surface area (Å²) in [7, 11) is 0. The molecule has 0 aromatic heterocycles. The summed E-state index contributed by atoms with van der Waals surface area (Å²) < 4.78 is 0. The van der Waals surface area contributed by atoms with Crippen LogP contribution in [0.25, 0.3) is 0 Å². The van der Waals surface area contributed by atoms with E-state index in [1.165, 1.54) is 19.8 Å². The molecule has 2 aliphatic rings. The molecule has 19 heavy (non-hydrogen) atoms. The number of nitrogens with one attached hydrogen (secondary N) is 2. The van der Waals surface area contributed by atoms with Crippen molar-refractivity contribution in [2.24, 2.45) is 11.8 Å². The van der Waals surface area contributed by atoms with E-state index in [-0.39, 0.29) is 23.8 Å². The van der Waals surface area contributed by atoms with E-state index in [9.17, 15) is 14.7 Å². The van der Waals surface area contributed by atoms with Gasteiger partial charge in [-0.25, -0.2) is 0 Å². The Kier molecular flexibility index (Phi) is 4.45. The van der Waals surface area contributed by atoms with Crippen LogP contribution in [0.4, 0.5) is 0 Å².